The second-order valence-electron chi connectivity index (χ2n) is 23.3. The Labute approximate surface area is 475 Å². The average Bonchev–Trinajstić information content (AvgIpc) is 4.22. The number of fused-ring (bicyclic) bond motifs is 8. The van der Waals surface area contributed by atoms with E-state index in [0.29, 0.717) is 56.0 Å². The molecule has 4 bridgehead atoms. The van der Waals surface area contributed by atoms with Crippen molar-refractivity contribution in [2.45, 2.75) is 179 Å². The zero-order chi connectivity index (χ0) is 58.2. The minimum Gasteiger partial charge on any atom is -0.391 e. The van der Waals surface area contributed by atoms with Gasteiger partial charge in [-0.1, -0.05) is 108 Å². The number of allylic oxidation sites excluding steroid dienone is 1. The predicted octanol–water partition coefficient (Wildman–Crippen LogP) is 10.1. The van der Waals surface area contributed by atoms with Gasteiger partial charge in [0.05, 0.1) is 57.3 Å². The lowest BCUT2D eigenvalue weighted by molar-refractivity contribution is -0.144. The van der Waals surface area contributed by atoms with E-state index < -0.39 is 82.2 Å². The Morgan fingerprint density at radius 3 is 2.41 bits per heavy atom. The number of carbonyl (C=O) groups excluding carboxylic acids is 3. The first-order valence-corrected chi connectivity index (χ1v) is 29.3. The number of rotatable bonds is 17. The molecule has 5 aromatic rings. The molecule has 3 aliphatic rings. The summed E-state index contributed by atoms with van der Waals surface area (Å²) in [6.45, 7) is 8.22. The standard InChI is InChI=1S/C61H76F3N9O7S/c1-38-44-21-18-22-46(50(44)62)61(63,64)36-80-30-17-13-12-15-20-42(73-55-45(53(68-38)70-58(73)79)32-47(56(77)71(55)6)60(35-65)28-29-60)19-14-10-8-7-9-11-16-23-49(75)69-52(59(3,4)5)57(78)72-34-43(74)31-48(72)54(76)66-33-40-24-26-41(27-25-40)51-39(2)67-37-81-51/h13,17-18,21-22,24-27,32,37-38,42-43,48,52,74H,7-12,14-16,19-20,23,28-31,33-34,36H2,1-6H3,(H,66,76)(H,69,75)(H,68,70,79)/b17-13-/t38-,42?,43-,48+,52-/m1/s1. The maximum Gasteiger partial charge on any atom is 0.351 e. The van der Waals surface area contributed by atoms with Crippen molar-refractivity contribution in [2.75, 3.05) is 25.1 Å². The van der Waals surface area contributed by atoms with Gasteiger partial charge in [-0.3, -0.25) is 28.3 Å². The van der Waals surface area contributed by atoms with Gasteiger partial charge < -0.3 is 30.7 Å². The zero-order valence-electron chi connectivity index (χ0n) is 47.3. The van der Waals surface area contributed by atoms with Crippen molar-refractivity contribution >= 4 is 45.9 Å². The van der Waals surface area contributed by atoms with Crippen LogP contribution in [-0.2, 0) is 44.1 Å². The number of carbonyl (C=O) groups is 3. The van der Waals surface area contributed by atoms with Gasteiger partial charge in [0.25, 0.3) is 11.5 Å². The summed E-state index contributed by atoms with van der Waals surface area (Å²) >= 11 is 1.56. The number of β-amino-alcohol motifs (C(OH)–C–C–N with tert-alkyl or cyclic N) is 1. The number of ether oxygens (including phenoxy) is 1. The molecule has 1 aliphatic carbocycles. The van der Waals surface area contributed by atoms with Crippen LogP contribution in [0.2, 0.25) is 0 Å². The quantitative estimate of drug-likeness (QED) is 0.0508. The van der Waals surface area contributed by atoms with Crippen LogP contribution in [0.15, 0.2) is 75.8 Å². The molecule has 1 saturated heterocycles. The lowest BCUT2D eigenvalue weighted by Gasteiger charge is -2.35. The Bertz CT molecular complexity index is 3270. The highest BCUT2D eigenvalue weighted by Crippen LogP contribution is 2.47. The highest BCUT2D eigenvalue weighted by molar-refractivity contribution is 7.13. The highest BCUT2D eigenvalue weighted by Gasteiger charge is 2.48. The number of anilines is 1. The fourth-order valence-electron chi connectivity index (χ4n) is 11.2. The number of hydrogen-bond acceptors (Lipinski definition) is 12. The van der Waals surface area contributed by atoms with Crippen molar-refractivity contribution in [1.82, 2.24) is 34.6 Å². The van der Waals surface area contributed by atoms with E-state index in [9.17, 15) is 34.3 Å². The molecule has 16 nitrogen and oxygen atoms in total. The molecular formula is C61H76F3N9O7S. The van der Waals surface area contributed by atoms with Crippen LogP contribution in [0.3, 0.4) is 0 Å². The number of amides is 3. The molecule has 2 fully saturated rings. The smallest absolute Gasteiger partial charge is 0.351 e. The molecule has 3 amide bonds. The average molecular weight is 1140 g/mol. The van der Waals surface area contributed by atoms with E-state index in [1.165, 1.54) is 21.6 Å². The first-order valence-electron chi connectivity index (χ1n) is 28.4. The summed E-state index contributed by atoms with van der Waals surface area (Å²) in [6, 6.07) is 12.4. The van der Waals surface area contributed by atoms with Crippen LogP contribution in [0, 0.1) is 29.5 Å². The molecule has 20 heteroatoms. The second kappa shape index (κ2) is 26.0. The Morgan fingerprint density at radius 2 is 1.73 bits per heavy atom. The van der Waals surface area contributed by atoms with Gasteiger partial charge in [0.15, 0.2) is 0 Å². The number of benzene rings is 2. The monoisotopic (exact) mass is 1140 g/mol. The molecule has 434 valence electrons. The first-order chi connectivity index (χ1) is 38.6. The molecule has 8 rings (SSSR count). The van der Waals surface area contributed by atoms with Crippen LogP contribution in [0.1, 0.15) is 164 Å². The number of thiazole rings is 1. The van der Waals surface area contributed by atoms with Crippen molar-refractivity contribution in [3.8, 4) is 16.5 Å². The van der Waals surface area contributed by atoms with E-state index in [4.69, 9.17) is 4.74 Å². The molecule has 5 heterocycles. The van der Waals surface area contributed by atoms with Gasteiger partial charge >= 0.3 is 5.69 Å². The number of aryl methyl sites for hydroxylation is 2. The van der Waals surface area contributed by atoms with Gasteiger partial charge in [-0.15, -0.1) is 11.3 Å². The Kier molecular flexibility index (Phi) is 19.4. The zero-order valence-corrected chi connectivity index (χ0v) is 48.1. The third-order valence-electron chi connectivity index (χ3n) is 16.1. The van der Waals surface area contributed by atoms with Gasteiger partial charge in [0.1, 0.15) is 36.0 Å². The number of hydrogen-bond donors (Lipinski definition) is 4. The maximum atomic E-state index is 16.0. The molecule has 2 aliphatic heterocycles. The summed E-state index contributed by atoms with van der Waals surface area (Å²) in [6.07, 6.45) is 11.8. The summed E-state index contributed by atoms with van der Waals surface area (Å²) in [5.74, 6) is -5.77. The van der Waals surface area contributed by atoms with Crippen molar-refractivity contribution < 1.29 is 37.4 Å². The van der Waals surface area contributed by atoms with Crippen molar-refractivity contribution in [2.24, 2.45) is 12.5 Å². The van der Waals surface area contributed by atoms with Crippen LogP contribution < -0.4 is 27.2 Å². The summed E-state index contributed by atoms with van der Waals surface area (Å²) in [5.41, 5.74) is 1.62. The molecule has 1 saturated carbocycles. The molecule has 5 atom stereocenters. The summed E-state index contributed by atoms with van der Waals surface area (Å²) in [4.78, 5) is 81.1. The number of nitrogens with one attached hydrogen (secondary N) is 3. The van der Waals surface area contributed by atoms with Gasteiger partial charge in [0, 0.05) is 50.1 Å². The number of aromatic nitrogens is 4. The Morgan fingerprint density at radius 1 is 1.01 bits per heavy atom. The number of alkyl halides is 2. The first kappa shape index (κ1) is 60.4. The van der Waals surface area contributed by atoms with Crippen LogP contribution >= 0.6 is 11.3 Å². The highest BCUT2D eigenvalue weighted by atomic mass is 32.1. The van der Waals surface area contributed by atoms with Gasteiger partial charge in [-0.25, -0.2) is 14.2 Å². The Balaban J connectivity index is 0.870. The van der Waals surface area contributed by atoms with E-state index in [2.05, 4.69) is 32.0 Å². The van der Waals surface area contributed by atoms with Crippen LogP contribution in [0.4, 0.5) is 19.0 Å². The number of nitriles is 1. The predicted molar refractivity (Wildman–Crippen MR) is 306 cm³/mol. The molecule has 0 spiro atoms. The van der Waals surface area contributed by atoms with Gasteiger partial charge in [0.2, 0.25) is 17.7 Å². The topological polar surface area (TPSA) is 214 Å². The third kappa shape index (κ3) is 14.2. The fourth-order valence-corrected chi connectivity index (χ4v) is 12.1. The van der Waals surface area contributed by atoms with Crippen molar-refractivity contribution in [3.05, 3.63) is 121 Å². The number of halogens is 3. The molecule has 4 N–H and O–H groups in total. The summed E-state index contributed by atoms with van der Waals surface area (Å²) in [7, 11) is 1.57. The Hall–Kier alpha value is -6.69. The largest absolute Gasteiger partial charge is 0.391 e. The van der Waals surface area contributed by atoms with E-state index >= 15 is 13.2 Å². The molecule has 3 aromatic heterocycles. The number of aliphatic hydroxyl groups is 1. The molecule has 1 unspecified atom stereocenters. The third-order valence-corrected chi connectivity index (χ3v) is 17.1. The van der Waals surface area contributed by atoms with Crippen LogP contribution in [0.25, 0.3) is 21.5 Å². The molecule has 81 heavy (non-hydrogen) atoms. The lowest BCUT2D eigenvalue weighted by atomic mass is 9.85. The number of aliphatic hydroxyl groups excluding tert-OH is 1. The minimum atomic E-state index is -3.63. The number of pyridine rings is 1. The van der Waals surface area contributed by atoms with Crippen molar-refractivity contribution in [3.63, 3.8) is 0 Å². The summed E-state index contributed by atoms with van der Waals surface area (Å²) in [5, 5.41) is 30.3. The molecular weight excluding hydrogens is 1060 g/mol. The minimum absolute atomic E-state index is 0.0186. The number of unbranched alkanes of at least 4 members (excludes halogenated alkanes) is 6. The van der Waals surface area contributed by atoms with Crippen LogP contribution in [0.5, 0.6) is 0 Å². The second-order valence-corrected chi connectivity index (χ2v) is 24.1. The van der Waals surface area contributed by atoms with Crippen LogP contribution in [-0.4, -0.2) is 84.8 Å². The van der Waals surface area contributed by atoms with Gasteiger partial charge in [-0.05, 0) is 87.5 Å². The number of nitrogens with zero attached hydrogens (tertiary/aromatic N) is 6. The molecule has 2 aromatic carbocycles. The summed E-state index contributed by atoms with van der Waals surface area (Å²) < 4.78 is 55.2. The number of likely N-dealkylation sites (tertiary alicyclic amines) is 1. The molecule has 0 radical (unpaired) electrons. The maximum absolute atomic E-state index is 16.0. The van der Waals surface area contributed by atoms with Crippen molar-refractivity contribution in [1.29, 1.82) is 5.26 Å². The lowest BCUT2D eigenvalue weighted by Crippen LogP contribution is -2.57. The van der Waals surface area contributed by atoms with E-state index in [-0.39, 0.29) is 61.3 Å². The SMILES string of the molecule is Cc1ncsc1-c1ccc(CNC(=O)[C@@H]2C[C@@H](O)CN2C(=O)[C@@H](NC(=O)CCCCCCCCCC2CCC/C=C\COCC(F)(F)c3cccc(c3F)[C@@H](C)Nc3nc(=O)n2c2c3cc(C3(C#N)CC3)c(=O)n2C)C(C)(C)C)cc1. The van der Waals surface area contributed by atoms with E-state index in [0.717, 1.165) is 66.3 Å². The fraction of sp³-hybridized carbons (Fsp3) is 0.541. The van der Waals surface area contributed by atoms with E-state index in [1.54, 1.807) is 47.5 Å². The van der Waals surface area contributed by atoms with E-state index in [1.807, 2.05) is 58.0 Å². The normalized spacial score (nSPS) is 20.8. The van der Waals surface area contributed by atoms with Gasteiger partial charge in [-0.2, -0.15) is 19.0 Å².